The summed E-state index contributed by atoms with van der Waals surface area (Å²) in [6.07, 6.45) is 5.43. The molecule has 21 heavy (non-hydrogen) atoms. The van der Waals surface area contributed by atoms with Crippen molar-refractivity contribution in [2.24, 2.45) is 0 Å². The first-order chi connectivity index (χ1) is 10.2. The van der Waals surface area contributed by atoms with Gasteiger partial charge in [0.25, 0.3) is 0 Å². The lowest BCUT2D eigenvalue weighted by atomic mass is 10.2. The lowest BCUT2D eigenvalue weighted by Crippen LogP contribution is -2.04. The first-order valence-electron chi connectivity index (χ1n) is 6.52. The maximum Gasteiger partial charge on any atom is 0.172 e. The molecule has 3 aromatic heterocycles. The largest absolute Gasteiger partial charge is 0.453 e. The Hall–Kier alpha value is -2.21. The number of benzene rings is 1. The van der Waals surface area contributed by atoms with Crippen LogP contribution in [-0.2, 0) is 6.54 Å². The molecule has 0 aliphatic carbocycles. The Morgan fingerprint density at radius 2 is 2.14 bits per heavy atom. The van der Waals surface area contributed by atoms with Gasteiger partial charge in [-0.3, -0.25) is 0 Å². The summed E-state index contributed by atoms with van der Waals surface area (Å²) in [4.78, 5) is 13.2. The van der Waals surface area contributed by atoms with E-state index < -0.39 is 0 Å². The van der Waals surface area contributed by atoms with Crippen LogP contribution in [0.5, 0.6) is 0 Å². The zero-order valence-electron chi connectivity index (χ0n) is 11.2. The normalized spacial score (nSPS) is 11.5. The number of imidazole rings is 1. The third-order valence-electron chi connectivity index (χ3n) is 3.46. The van der Waals surface area contributed by atoms with Crippen LogP contribution >= 0.6 is 15.9 Å². The zero-order valence-corrected chi connectivity index (χ0v) is 12.8. The van der Waals surface area contributed by atoms with Crippen LogP contribution in [0.2, 0.25) is 0 Å². The van der Waals surface area contributed by atoms with Crippen LogP contribution in [0.1, 0.15) is 11.6 Å². The van der Waals surface area contributed by atoms with Crippen molar-refractivity contribution in [1.29, 1.82) is 0 Å². The van der Waals surface area contributed by atoms with Crippen LogP contribution in [-0.4, -0.2) is 19.5 Å². The average Bonchev–Trinajstić information content (AvgIpc) is 3.03. The molecule has 0 saturated heterocycles. The molecule has 0 amide bonds. The standard InChI is InChI=1S/C15H11BrN4O/c1-9-17-4-5-20(9)8-14-18-7-13-15(19-14)11-6-10(16)2-3-12(11)21-13/h2-7H,8H2,1H3. The summed E-state index contributed by atoms with van der Waals surface area (Å²) in [7, 11) is 0. The second-order valence-corrected chi connectivity index (χ2v) is 5.76. The molecule has 0 aliphatic heterocycles. The second-order valence-electron chi connectivity index (χ2n) is 4.84. The zero-order chi connectivity index (χ0) is 14.4. The second kappa shape index (κ2) is 4.66. The first-order valence-corrected chi connectivity index (χ1v) is 7.31. The van der Waals surface area contributed by atoms with E-state index in [-0.39, 0.29) is 0 Å². The third-order valence-corrected chi connectivity index (χ3v) is 3.95. The number of aryl methyl sites for hydroxylation is 1. The summed E-state index contributed by atoms with van der Waals surface area (Å²) < 4.78 is 8.77. The van der Waals surface area contributed by atoms with Gasteiger partial charge in [-0.05, 0) is 25.1 Å². The van der Waals surface area contributed by atoms with Crippen LogP contribution in [0.15, 0.2) is 45.7 Å². The summed E-state index contributed by atoms with van der Waals surface area (Å²) >= 11 is 3.48. The van der Waals surface area contributed by atoms with Crippen LogP contribution in [0.3, 0.4) is 0 Å². The smallest absolute Gasteiger partial charge is 0.172 e. The van der Waals surface area contributed by atoms with Crippen molar-refractivity contribution in [3.8, 4) is 0 Å². The van der Waals surface area contributed by atoms with Crippen molar-refractivity contribution in [2.45, 2.75) is 13.5 Å². The molecule has 4 aromatic rings. The summed E-state index contributed by atoms with van der Waals surface area (Å²) in [6, 6.07) is 5.90. The van der Waals surface area contributed by atoms with E-state index in [1.807, 2.05) is 35.9 Å². The van der Waals surface area contributed by atoms with Gasteiger partial charge < -0.3 is 8.98 Å². The molecule has 5 nitrogen and oxygen atoms in total. The predicted molar refractivity (Wildman–Crippen MR) is 83.1 cm³/mol. The fourth-order valence-electron chi connectivity index (χ4n) is 2.37. The van der Waals surface area contributed by atoms with E-state index in [2.05, 4.69) is 30.9 Å². The minimum atomic E-state index is 0.600. The molecule has 3 heterocycles. The SMILES string of the molecule is Cc1nccn1Cc1ncc2oc3ccc(Br)cc3c2n1. The molecule has 0 unspecified atom stereocenters. The maximum atomic E-state index is 5.76. The molecule has 0 N–H and O–H groups in total. The van der Waals surface area contributed by atoms with Crippen molar-refractivity contribution in [3.05, 3.63) is 52.9 Å². The number of fused-ring (bicyclic) bond motifs is 3. The first kappa shape index (κ1) is 12.5. The van der Waals surface area contributed by atoms with E-state index in [0.29, 0.717) is 12.1 Å². The molecule has 0 bridgehead atoms. The van der Waals surface area contributed by atoms with Crippen molar-refractivity contribution >= 4 is 38.0 Å². The Morgan fingerprint density at radius 1 is 1.24 bits per heavy atom. The fraction of sp³-hybridized carbons (Fsp3) is 0.133. The number of halogens is 1. The van der Waals surface area contributed by atoms with Gasteiger partial charge in [0.15, 0.2) is 5.58 Å². The number of hydrogen-bond acceptors (Lipinski definition) is 4. The highest BCUT2D eigenvalue weighted by atomic mass is 79.9. The summed E-state index contributed by atoms with van der Waals surface area (Å²) in [5.41, 5.74) is 2.36. The molecule has 0 radical (unpaired) electrons. The van der Waals surface area contributed by atoms with Gasteiger partial charge >= 0.3 is 0 Å². The van der Waals surface area contributed by atoms with Crippen molar-refractivity contribution in [1.82, 2.24) is 19.5 Å². The number of furan rings is 1. The van der Waals surface area contributed by atoms with Crippen molar-refractivity contribution in [2.75, 3.05) is 0 Å². The number of hydrogen-bond donors (Lipinski definition) is 0. The Labute approximate surface area is 128 Å². The molecule has 0 spiro atoms. The van der Waals surface area contributed by atoms with Crippen LogP contribution < -0.4 is 0 Å². The van der Waals surface area contributed by atoms with E-state index in [9.17, 15) is 0 Å². The van der Waals surface area contributed by atoms with Gasteiger partial charge in [0.05, 0.1) is 12.7 Å². The molecule has 0 saturated carbocycles. The number of nitrogens with zero attached hydrogens (tertiary/aromatic N) is 4. The molecule has 104 valence electrons. The quantitative estimate of drug-likeness (QED) is 0.557. The highest BCUT2D eigenvalue weighted by Crippen LogP contribution is 2.29. The van der Waals surface area contributed by atoms with Crippen LogP contribution in [0, 0.1) is 6.92 Å². The van der Waals surface area contributed by atoms with Gasteiger partial charge in [0, 0.05) is 22.3 Å². The van der Waals surface area contributed by atoms with E-state index in [1.54, 1.807) is 12.4 Å². The molecule has 0 fully saturated rings. The van der Waals surface area contributed by atoms with Crippen molar-refractivity contribution < 1.29 is 4.42 Å². The summed E-state index contributed by atoms with van der Waals surface area (Å²) in [5, 5.41) is 0.991. The monoisotopic (exact) mass is 342 g/mol. The van der Waals surface area contributed by atoms with Gasteiger partial charge in [0.2, 0.25) is 0 Å². The Morgan fingerprint density at radius 3 is 2.95 bits per heavy atom. The van der Waals surface area contributed by atoms with Gasteiger partial charge in [-0.15, -0.1) is 0 Å². The molecule has 0 aliphatic rings. The fourth-order valence-corrected chi connectivity index (χ4v) is 2.73. The van der Waals surface area contributed by atoms with E-state index in [4.69, 9.17) is 4.42 Å². The van der Waals surface area contributed by atoms with Crippen molar-refractivity contribution in [3.63, 3.8) is 0 Å². The maximum absolute atomic E-state index is 5.76. The highest BCUT2D eigenvalue weighted by Gasteiger charge is 2.11. The Bertz CT molecular complexity index is 957. The minimum absolute atomic E-state index is 0.600. The van der Waals surface area contributed by atoms with E-state index in [1.165, 1.54) is 0 Å². The average molecular weight is 343 g/mol. The number of aromatic nitrogens is 4. The van der Waals surface area contributed by atoms with E-state index in [0.717, 1.165) is 32.6 Å². The molecule has 6 heteroatoms. The summed E-state index contributed by atoms with van der Waals surface area (Å²) in [5.74, 6) is 1.68. The lowest BCUT2D eigenvalue weighted by Gasteiger charge is -2.03. The Kier molecular flexibility index (Phi) is 2.78. The highest BCUT2D eigenvalue weighted by molar-refractivity contribution is 9.10. The van der Waals surface area contributed by atoms with Gasteiger partial charge in [0.1, 0.15) is 22.7 Å². The molecule has 1 aromatic carbocycles. The topological polar surface area (TPSA) is 56.7 Å². The number of rotatable bonds is 2. The van der Waals surface area contributed by atoms with Gasteiger partial charge in [-0.1, -0.05) is 15.9 Å². The molecular formula is C15H11BrN4O. The third kappa shape index (κ3) is 2.12. The van der Waals surface area contributed by atoms with Gasteiger partial charge in [-0.25, -0.2) is 15.0 Å². The van der Waals surface area contributed by atoms with Gasteiger partial charge in [-0.2, -0.15) is 0 Å². The minimum Gasteiger partial charge on any atom is -0.453 e. The summed E-state index contributed by atoms with van der Waals surface area (Å²) in [6.45, 7) is 2.56. The van der Waals surface area contributed by atoms with Crippen LogP contribution in [0.4, 0.5) is 0 Å². The van der Waals surface area contributed by atoms with Crippen LogP contribution in [0.25, 0.3) is 22.1 Å². The molecular weight excluding hydrogens is 332 g/mol. The Balaban J connectivity index is 1.86. The molecule has 4 rings (SSSR count). The lowest BCUT2D eigenvalue weighted by molar-refractivity contribution is 0.661. The predicted octanol–water partition coefficient (Wildman–Crippen LogP) is 3.69. The van der Waals surface area contributed by atoms with E-state index >= 15 is 0 Å². The molecule has 0 atom stereocenters.